The van der Waals surface area contributed by atoms with E-state index in [0.717, 1.165) is 27.7 Å². The summed E-state index contributed by atoms with van der Waals surface area (Å²) in [6.07, 6.45) is 3.81. The first kappa shape index (κ1) is 18.9. The first-order valence-electron chi connectivity index (χ1n) is 8.27. The molecule has 0 amide bonds. The van der Waals surface area contributed by atoms with Crippen LogP contribution in [0.5, 0.6) is 5.75 Å². The Hall–Kier alpha value is -1.86. The Kier molecular flexibility index (Phi) is 6.32. The summed E-state index contributed by atoms with van der Waals surface area (Å²) in [7, 11) is 0. The van der Waals surface area contributed by atoms with Gasteiger partial charge >= 0.3 is 5.97 Å². The molecule has 4 nitrogen and oxygen atoms in total. The van der Waals surface area contributed by atoms with Crippen molar-refractivity contribution in [3.05, 3.63) is 67.9 Å². The van der Waals surface area contributed by atoms with E-state index in [1.165, 1.54) is 0 Å². The fourth-order valence-corrected chi connectivity index (χ4v) is 3.03. The number of carbonyl (C=O) groups excluding carboxylic acids is 1. The van der Waals surface area contributed by atoms with Gasteiger partial charge in [-0.2, -0.15) is 0 Å². The summed E-state index contributed by atoms with van der Waals surface area (Å²) in [5.74, 6) is 0.548. The van der Waals surface area contributed by atoms with Gasteiger partial charge in [0.25, 0.3) is 0 Å². The molecule has 1 aliphatic heterocycles. The quantitative estimate of drug-likeness (QED) is 0.238. The molecule has 0 aromatic heterocycles. The Balaban J connectivity index is 1.79. The van der Waals surface area contributed by atoms with Crippen LogP contribution in [0.3, 0.4) is 0 Å². The van der Waals surface area contributed by atoms with Crippen molar-refractivity contribution in [1.82, 2.24) is 0 Å². The smallest absolute Gasteiger partial charge is 0.363 e. The molecule has 0 unspecified atom stereocenters. The second-order valence-electron chi connectivity index (χ2n) is 5.73. The maximum absolute atomic E-state index is 12.1. The van der Waals surface area contributed by atoms with Gasteiger partial charge in [-0.05, 0) is 71.0 Å². The Morgan fingerprint density at radius 3 is 2.73 bits per heavy atom. The second-order valence-corrected chi connectivity index (χ2v) is 7.38. The van der Waals surface area contributed by atoms with Crippen LogP contribution in [0.2, 0.25) is 5.02 Å². The van der Waals surface area contributed by atoms with E-state index in [2.05, 4.69) is 34.5 Å². The molecule has 1 aliphatic rings. The minimum atomic E-state index is -0.488. The third-order valence-corrected chi connectivity index (χ3v) is 4.73. The van der Waals surface area contributed by atoms with Crippen LogP contribution in [0, 0.1) is 3.57 Å². The fourth-order valence-electron chi connectivity index (χ4n) is 2.34. The summed E-state index contributed by atoms with van der Waals surface area (Å²) < 4.78 is 11.9. The van der Waals surface area contributed by atoms with Crippen LogP contribution in [-0.2, 0) is 9.53 Å². The van der Waals surface area contributed by atoms with Gasteiger partial charge in [0.15, 0.2) is 5.70 Å². The zero-order chi connectivity index (χ0) is 18.5. The lowest BCUT2D eigenvalue weighted by Gasteiger charge is -2.05. The molecule has 0 fully saturated rings. The molecule has 3 rings (SSSR count). The van der Waals surface area contributed by atoms with E-state index in [0.29, 0.717) is 17.2 Å². The molecule has 1 heterocycles. The predicted molar refractivity (Wildman–Crippen MR) is 112 cm³/mol. The Morgan fingerprint density at radius 2 is 2.00 bits per heavy atom. The lowest BCUT2D eigenvalue weighted by molar-refractivity contribution is -0.129. The number of nitrogens with zero attached hydrogens (tertiary/aromatic N) is 1. The molecule has 2 aromatic carbocycles. The Labute approximate surface area is 171 Å². The average molecular weight is 482 g/mol. The monoisotopic (exact) mass is 481 g/mol. The number of hydrogen-bond acceptors (Lipinski definition) is 4. The first-order chi connectivity index (χ1) is 12.6. The molecule has 0 bridgehead atoms. The zero-order valence-electron chi connectivity index (χ0n) is 14.2. The minimum Gasteiger partial charge on any atom is -0.494 e. The van der Waals surface area contributed by atoms with E-state index in [-0.39, 0.29) is 11.6 Å². The third kappa shape index (κ3) is 4.65. The molecular weight excluding hydrogens is 465 g/mol. The number of aliphatic imine (C=N–C) groups is 1. The minimum absolute atomic E-state index is 0.226. The number of hydrogen-bond donors (Lipinski definition) is 0. The number of carbonyl (C=O) groups is 1. The molecule has 0 N–H and O–H groups in total. The van der Waals surface area contributed by atoms with Crippen LogP contribution in [0.25, 0.3) is 6.08 Å². The summed E-state index contributed by atoms with van der Waals surface area (Å²) in [6.45, 7) is 2.82. The van der Waals surface area contributed by atoms with Crippen molar-refractivity contribution in [3.8, 4) is 5.75 Å². The van der Waals surface area contributed by atoms with E-state index in [4.69, 9.17) is 21.1 Å². The van der Waals surface area contributed by atoms with Crippen molar-refractivity contribution >= 4 is 52.1 Å². The van der Waals surface area contributed by atoms with Crippen LogP contribution in [-0.4, -0.2) is 18.5 Å². The van der Waals surface area contributed by atoms with Crippen LogP contribution in [0.4, 0.5) is 0 Å². The normalized spacial score (nSPS) is 15.1. The van der Waals surface area contributed by atoms with Gasteiger partial charge < -0.3 is 9.47 Å². The van der Waals surface area contributed by atoms with Crippen LogP contribution < -0.4 is 4.74 Å². The predicted octanol–water partition coefficient (Wildman–Crippen LogP) is 5.47. The maximum atomic E-state index is 12.1. The van der Waals surface area contributed by atoms with E-state index in [9.17, 15) is 4.79 Å². The highest BCUT2D eigenvalue weighted by molar-refractivity contribution is 14.1. The number of halogens is 2. The number of esters is 1. The van der Waals surface area contributed by atoms with E-state index < -0.39 is 5.97 Å². The molecule has 0 atom stereocenters. The van der Waals surface area contributed by atoms with Crippen molar-refractivity contribution in [3.63, 3.8) is 0 Å². The van der Waals surface area contributed by atoms with Gasteiger partial charge in [-0.3, -0.25) is 0 Å². The number of ether oxygens (including phenoxy) is 2. The Bertz CT molecular complexity index is 875. The topological polar surface area (TPSA) is 47.9 Å². The van der Waals surface area contributed by atoms with Gasteiger partial charge in [0, 0.05) is 3.57 Å². The van der Waals surface area contributed by atoms with E-state index in [1.807, 2.05) is 36.4 Å². The van der Waals surface area contributed by atoms with Gasteiger partial charge in [0.1, 0.15) is 5.75 Å². The number of rotatable bonds is 6. The molecule has 0 saturated carbocycles. The lowest BCUT2D eigenvalue weighted by Crippen LogP contribution is -2.06. The summed E-state index contributed by atoms with van der Waals surface area (Å²) in [5.41, 5.74) is 1.70. The molecule has 0 aliphatic carbocycles. The third-order valence-electron chi connectivity index (χ3n) is 3.73. The SMILES string of the molecule is CCCCOc1ccc(/C=C2\N=C(c3cc(I)ccc3Cl)OC2=O)cc1. The summed E-state index contributed by atoms with van der Waals surface area (Å²) in [5, 5.41) is 0.492. The van der Waals surface area contributed by atoms with Crippen LogP contribution >= 0.6 is 34.2 Å². The second kappa shape index (κ2) is 8.68. The van der Waals surface area contributed by atoms with E-state index >= 15 is 0 Å². The van der Waals surface area contributed by atoms with Crippen LogP contribution in [0.15, 0.2) is 53.2 Å². The largest absolute Gasteiger partial charge is 0.494 e. The highest BCUT2D eigenvalue weighted by Crippen LogP contribution is 2.25. The van der Waals surface area contributed by atoms with Crippen molar-refractivity contribution in [1.29, 1.82) is 0 Å². The van der Waals surface area contributed by atoms with Crippen molar-refractivity contribution in [2.75, 3.05) is 6.61 Å². The molecule has 0 saturated heterocycles. The highest BCUT2D eigenvalue weighted by Gasteiger charge is 2.25. The molecule has 0 spiro atoms. The average Bonchev–Trinajstić information content (AvgIpc) is 2.99. The first-order valence-corrected chi connectivity index (χ1v) is 9.73. The molecule has 26 heavy (non-hydrogen) atoms. The molecular formula is C20H17ClINO3. The lowest BCUT2D eigenvalue weighted by atomic mass is 10.2. The number of unbranched alkanes of at least 4 members (excludes halogenated alkanes) is 1. The zero-order valence-corrected chi connectivity index (χ0v) is 17.1. The number of benzene rings is 2. The fraction of sp³-hybridized carbons (Fsp3) is 0.200. The summed E-state index contributed by atoms with van der Waals surface area (Å²) in [4.78, 5) is 16.4. The standard InChI is InChI=1S/C20H17ClINO3/c1-2-3-10-25-15-7-4-13(5-8-15)11-18-20(24)26-19(23-18)16-12-14(22)6-9-17(16)21/h4-9,11-12H,2-3,10H2,1H3/b18-11-. The van der Waals surface area contributed by atoms with Gasteiger partial charge in [-0.1, -0.05) is 37.1 Å². The van der Waals surface area contributed by atoms with Gasteiger partial charge in [0.05, 0.1) is 17.2 Å². The molecule has 134 valence electrons. The maximum Gasteiger partial charge on any atom is 0.363 e. The Morgan fingerprint density at radius 1 is 1.23 bits per heavy atom. The van der Waals surface area contributed by atoms with Crippen LogP contribution in [0.1, 0.15) is 30.9 Å². The van der Waals surface area contributed by atoms with Gasteiger partial charge in [0.2, 0.25) is 5.90 Å². The summed E-state index contributed by atoms with van der Waals surface area (Å²) in [6, 6.07) is 13.0. The van der Waals surface area contributed by atoms with Crippen molar-refractivity contribution in [2.45, 2.75) is 19.8 Å². The van der Waals surface area contributed by atoms with Gasteiger partial charge in [-0.25, -0.2) is 9.79 Å². The molecule has 6 heteroatoms. The summed E-state index contributed by atoms with van der Waals surface area (Å²) >= 11 is 8.36. The van der Waals surface area contributed by atoms with Crippen molar-refractivity contribution in [2.24, 2.45) is 4.99 Å². The molecule has 2 aromatic rings. The highest BCUT2D eigenvalue weighted by atomic mass is 127. The van der Waals surface area contributed by atoms with E-state index in [1.54, 1.807) is 12.1 Å². The van der Waals surface area contributed by atoms with Gasteiger partial charge in [-0.15, -0.1) is 0 Å². The van der Waals surface area contributed by atoms with Crippen molar-refractivity contribution < 1.29 is 14.3 Å². The molecule has 0 radical (unpaired) electrons. The number of cyclic esters (lactones) is 1.